The van der Waals surface area contributed by atoms with E-state index in [4.69, 9.17) is 0 Å². The van der Waals surface area contributed by atoms with Crippen LogP contribution in [0.25, 0.3) is 22.0 Å². The molecule has 0 spiro atoms. The van der Waals surface area contributed by atoms with Gasteiger partial charge in [0.2, 0.25) is 5.91 Å². The number of carbonyl (C=O) groups excluding carboxylic acids is 3. The molecule has 13 heteroatoms. The smallest absolute Gasteiger partial charge is 0.337 e. The predicted molar refractivity (Wildman–Crippen MR) is 148 cm³/mol. The Morgan fingerprint density at radius 3 is 2.51 bits per heavy atom. The normalized spacial score (nSPS) is 16.7. The summed E-state index contributed by atoms with van der Waals surface area (Å²) in [6, 6.07) is 7.09. The van der Waals surface area contributed by atoms with Crippen LogP contribution in [0.5, 0.6) is 0 Å². The van der Waals surface area contributed by atoms with Crippen molar-refractivity contribution < 1.29 is 28.7 Å². The number of pyridine rings is 1. The number of alkyl halides is 1. The number of hydrogen-bond donors (Lipinski definition) is 1. The predicted octanol–water partition coefficient (Wildman–Crippen LogP) is 3.61. The van der Waals surface area contributed by atoms with Gasteiger partial charge in [-0.2, -0.15) is 5.10 Å². The fourth-order valence-electron chi connectivity index (χ4n) is 4.99. The molecular formula is C28H24BrFN6O5. The van der Waals surface area contributed by atoms with E-state index in [0.29, 0.717) is 27.2 Å². The Morgan fingerprint density at radius 2 is 1.85 bits per heavy atom. The topological polar surface area (TPSA) is 148 Å². The standard InChI is InChI=1S/C28H24BrFN6O5/c1-14(37)26-20-6-16(17-10-31-15(2)32-11-17)7-21(28(40)41)27(20)36(34-26)13-25(39)35-12-18(30)8-22(35)23(38)9-19-4-3-5-24(29)33-19/h3-7,10-11,18,22H,8-9,12-13H2,1-2H3,(H,40,41)/t18-,22+/m1/s1. The van der Waals surface area contributed by atoms with Gasteiger partial charge in [-0.3, -0.25) is 19.1 Å². The zero-order chi connectivity index (χ0) is 29.4. The number of Topliss-reactive ketones (excluding diaryl/α,β-unsaturated/α-hetero) is 2. The average Bonchev–Trinajstić information content (AvgIpc) is 3.49. The molecule has 4 heterocycles. The van der Waals surface area contributed by atoms with Crippen LogP contribution >= 0.6 is 15.9 Å². The first-order valence-corrected chi connectivity index (χ1v) is 13.5. The summed E-state index contributed by atoms with van der Waals surface area (Å²) >= 11 is 3.26. The number of aromatic carboxylic acids is 1. The average molecular weight is 623 g/mol. The lowest BCUT2D eigenvalue weighted by Gasteiger charge is -2.23. The highest BCUT2D eigenvalue weighted by molar-refractivity contribution is 9.10. The molecule has 1 amide bonds. The minimum atomic E-state index is -1.40. The number of rotatable bonds is 8. The summed E-state index contributed by atoms with van der Waals surface area (Å²) < 4.78 is 16.2. The monoisotopic (exact) mass is 622 g/mol. The maximum absolute atomic E-state index is 14.5. The van der Waals surface area contributed by atoms with Gasteiger partial charge in [0.05, 0.1) is 30.1 Å². The van der Waals surface area contributed by atoms with Crippen LogP contribution in [0.2, 0.25) is 0 Å². The minimum Gasteiger partial charge on any atom is -0.478 e. The summed E-state index contributed by atoms with van der Waals surface area (Å²) in [5.41, 5.74) is 1.31. The summed E-state index contributed by atoms with van der Waals surface area (Å²) in [5.74, 6) is -2.19. The third kappa shape index (κ3) is 5.75. The number of likely N-dealkylation sites (tertiary alicyclic amines) is 1. The Bertz CT molecular complexity index is 1710. The summed E-state index contributed by atoms with van der Waals surface area (Å²) in [7, 11) is 0. The Balaban J connectivity index is 1.50. The molecule has 1 saturated heterocycles. The molecule has 0 unspecified atom stereocenters. The van der Waals surface area contributed by atoms with E-state index in [2.05, 4.69) is 36.0 Å². The van der Waals surface area contributed by atoms with Gasteiger partial charge < -0.3 is 10.0 Å². The number of carboxylic acids is 1. The summed E-state index contributed by atoms with van der Waals surface area (Å²) in [6.45, 7) is 2.21. The second kappa shape index (κ2) is 11.2. The first-order valence-electron chi connectivity index (χ1n) is 12.7. The Kier molecular flexibility index (Phi) is 7.72. The van der Waals surface area contributed by atoms with Gasteiger partial charge >= 0.3 is 5.97 Å². The number of ketones is 2. The van der Waals surface area contributed by atoms with Crippen LogP contribution in [0.1, 0.15) is 45.7 Å². The summed E-state index contributed by atoms with van der Waals surface area (Å²) in [6.07, 6.45) is 1.43. The maximum Gasteiger partial charge on any atom is 0.337 e. The van der Waals surface area contributed by atoms with E-state index in [1.807, 2.05) is 0 Å². The highest BCUT2D eigenvalue weighted by Crippen LogP contribution is 2.31. The number of nitrogens with zero attached hydrogens (tertiary/aromatic N) is 6. The molecule has 0 saturated carbocycles. The molecule has 1 N–H and O–H groups in total. The Morgan fingerprint density at radius 1 is 1.12 bits per heavy atom. The number of amides is 1. The largest absolute Gasteiger partial charge is 0.478 e. The molecular weight excluding hydrogens is 599 g/mol. The van der Waals surface area contributed by atoms with Crippen molar-refractivity contribution in [2.75, 3.05) is 6.54 Å². The van der Waals surface area contributed by atoms with Gasteiger partial charge in [-0.05, 0) is 52.7 Å². The highest BCUT2D eigenvalue weighted by Gasteiger charge is 2.40. The number of benzene rings is 1. The highest BCUT2D eigenvalue weighted by atomic mass is 79.9. The molecule has 3 aromatic heterocycles. The molecule has 2 atom stereocenters. The Hall–Kier alpha value is -4.39. The van der Waals surface area contributed by atoms with Gasteiger partial charge in [0.15, 0.2) is 11.6 Å². The van der Waals surface area contributed by atoms with E-state index in [1.54, 1.807) is 31.2 Å². The molecule has 0 bridgehead atoms. The van der Waals surface area contributed by atoms with E-state index in [0.717, 1.165) is 9.58 Å². The van der Waals surface area contributed by atoms with E-state index in [1.165, 1.54) is 25.4 Å². The molecule has 11 nitrogen and oxygen atoms in total. The van der Waals surface area contributed by atoms with E-state index in [-0.39, 0.29) is 47.3 Å². The van der Waals surface area contributed by atoms with Gasteiger partial charge in [0.25, 0.3) is 0 Å². The second-order valence-corrected chi connectivity index (χ2v) is 10.6. The number of fused-ring (bicyclic) bond motifs is 1. The number of carbonyl (C=O) groups is 4. The van der Waals surface area contributed by atoms with Crippen LogP contribution < -0.4 is 0 Å². The molecule has 1 fully saturated rings. The van der Waals surface area contributed by atoms with Crippen molar-refractivity contribution in [1.29, 1.82) is 0 Å². The van der Waals surface area contributed by atoms with Crippen molar-refractivity contribution in [3.63, 3.8) is 0 Å². The van der Waals surface area contributed by atoms with Gasteiger partial charge in [-0.15, -0.1) is 0 Å². The van der Waals surface area contributed by atoms with Crippen molar-refractivity contribution in [3.8, 4) is 11.1 Å². The van der Waals surface area contributed by atoms with Gasteiger partial charge in [-0.25, -0.2) is 24.1 Å². The SMILES string of the molecule is CC(=O)c1nn(CC(=O)N2C[C@H](F)C[C@H]2C(=O)Cc2cccc(Br)n2)c2c(C(=O)O)cc(-c3cnc(C)nc3)cc12. The third-order valence-corrected chi connectivity index (χ3v) is 7.32. The summed E-state index contributed by atoms with van der Waals surface area (Å²) in [5, 5.41) is 14.6. The quantitative estimate of drug-likeness (QED) is 0.230. The molecule has 0 radical (unpaired) electrons. The summed E-state index contributed by atoms with van der Waals surface area (Å²) in [4.78, 5) is 65.2. The second-order valence-electron chi connectivity index (χ2n) is 9.80. The molecule has 1 aliphatic heterocycles. The van der Waals surface area contributed by atoms with Crippen molar-refractivity contribution in [2.24, 2.45) is 0 Å². The fraction of sp³-hybridized carbons (Fsp3) is 0.286. The van der Waals surface area contributed by atoms with Crippen LogP contribution in [0.15, 0.2) is 47.3 Å². The van der Waals surface area contributed by atoms with Crippen LogP contribution in [-0.4, -0.2) is 76.9 Å². The number of hydrogen-bond acceptors (Lipinski definition) is 8. The molecule has 41 heavy (non-hydrogen) atoms. The van der Waals surface area contributed by atoms with Crippen molar-refractivity contribution in [1.82, 2.24) is 29.6 Å². The lowest BCUT2D eigenvalue weighted by Crippen LogP contribution is -2.43. The first kappa shape index (κ1) is 28.1. The van der Waals surface area contributed by atoms with E-state index in [9.17, 15) is 28.7 Å². The van der Waals surface area contributed by atoms with Crippen molar-refractivity contribution >= 4 is 50.3 Å². The first-order chi connectivity index (χ1) is 19.5. The Labute approximate surface area is 241 Å². The third-order valence-electron chi connectivity index (χ3n) is 6.88. The van der Waals surface area contributed by atoms with E-state index >= 15 is 0 Å². The van der Waals surface area contributed by atoms with Crippen LogP contribution in [0.4, 0.5) is 4.39 Å². The number of halogens is 2. The van der Waals surface area contributed by atoms with Gasteiger partial charge in [0.1, 0.15) is 28.8 Å². The molecule has 1 aromatic carbocycles. The zero-order valence-corrected chi connectivity index (χ0v) is 23.6. The van der Waals surface area contributed by atoms with E-state index < -0.39 is 36.4 Å². The lowest BCUT2D eigenvalue weighted by atomic mass is 10.0. The van der Waals surface area contributed by atoms with Crippen molar-refractivity contribution in [3.05, 3.63) is 70.1 Å². The number of aromatic nitrogens is 5. The van der Waals surface area contributed by atoms with Crippen LogP contribution in [0.3, 0.4) is 0 Å². The zero-order valence-electron chi connectivity index (χ0n) is 22.0. The van der Waals surface area contributed by atoms with Gasteiger partial charge in [-0.1, -0.05) is 6.07 Å². The van der Waals surface area contributed by atoms with Gasteiger partial charge in [0, 0.05) is 42.4 Å². The number of aryl methyl sites for hydroxylation is 1. The lowest BCUT2D eigenvalue weighted by molar-refractivity contribution is -0.138. The molecule has 5 rings (SSSR count). The molecule has 4 aromatic rings. The van der Waals surface area contributed by atoms with Crippen LogP contribution in [-0.2, 0) is 22.6 Å². The number of carboxylic acid groups (broad SMARTS) is 1. The minimum absolute atomic E-state index is 0.0247. The van der Waals surface area contributed by atoms with Crippen LogP contribution in [0, 0.1) is 6.92 Å². The molecule has 1 aliphatic rings. The molecule has 210 valence electrons. The molecule has 0 aliphatic carbocycles. The fourth-order valence-corrected chi connectivity index (χ4v) is 5.37. The maximum atomic E-state index is 14.5. The van der Waals surface area contributed by atoms with Crippen molar-refractivity contribution in [2.45, 2.75) is 45.4 Å².